The van der Waals surface area contributed by atoms with Gasteiger partial charge in [-0.05, 0) is 40.2 Å². The number of hydrogen-bond acceptors (Lipinski definition) is 5. The first-order chi connectivity index (χ1) is 13.7. The molecule has 0 spiro atoms. The quantitative estimate of drug-likeness (QED) is 0.722. The molecule has 1 fully saturated rings. The zero-order valence-electron chi connectivity index (χ0n) is 18.4. The molecule has 1 aliphatic heterocycles. The number of ether oxygens (including phenoxy) is 3. The Bertz CT molecular complexity index is 701. The Labute approximate surface area is 173 Å². The maximum atomic E-state index is 13.0. The Hall–Kier alpha value is -2.28. The van der Waals surface area contributed by atoms with Crippen molar-refractivity contribution in [3.63, 3.8) is 0 Å². The number of para-hydroxylation sites is 1. The first-order valence-corrected chi connectivity index (χ1v) is 10.1. The average Bonchev–Trinajstić information content (AvgIpc) is 2.69. The van der Waals surface area contributed by atoms with Crippen LogP contribution in [0.4, 0.5) is 4.79 Å². The molecule has 1 aromatic rings. The number of rotatable bonds is 6. The minimum absolute atomic E-state index is 0.0201. The van der Waals surface area contributed by atoms with Crippen molar-refractivity contribution in [2.24, 2.45) is 0 Å². The van der Waals surface area contributed by atoms with Gasteiger partial charge < -0.3 is 24.0 Å². The van der Waals surface area contributed by atoms with E-state index in [0.29, 0.717) is 38.2 Å². The van der Waals surface area contributed by atoms with E-state index in [4.69, 9.17) is 14.2 Å². The van der Waals surface area contributed by atoms with Crippen molar-refractivity contribution >= 4 is 12.0 Å². The summed E-state index contributed by atoms with van der Waals surface area (Å²) in [5.41, 5.74) is 0.316. The molecule has 2 amide bonds. The molecule has 0 aliphatic carbocycles. The molecule has 29 heavy (non-hydrogen) atoms. The maximum absolute atomic E-state index is 13.0. The van der Waals surface area contributed by atoms with Crippen molar-refractivity contribution in [3.8, 4) is 5.75 Å². The first kappa shape index (κ1) is 23.0. The van der Waals surface area contributed by atoms with Crippen LogP contribution in [-0.4, -0.2) is 67.4 Å². The molecule has 7 nitrogen and oxygen atoms in total. The van der Waals surface area contributed by atoms with Crippen molar-refractivity contribution in [1.82, 2.24) is 9.80 Å². The number of carbonyl (C=O) groups excluding carboxylic acids is 2. The van der Waals surface area contributed by atoms with Gasteiger partial charge in [-0.25, -0.2) is 4.79 Å². The van der Waals surface area contributed by atoms with E-state index < -0.39 is 5.60 Å². The van der Waals surface area contributed by atoms with Gasteiger partial charge in [-0.15, -0.1) is 0 Å². The van der Waals surface area contributed by atoms with Gasteiger partial charge in [0, 0.05) is 38.7 Å². The molecule has 0 saturated carbocycles. The molecule has 1 aromatic carbocycles. The van der Waals surface area contributed by atoms with Gasteiger partial charge in [0.05, 0.1) is 19.3 Å². The van der Waals surface area contributed by atoms with Crippen LogP contribution in [0.15, 0.2) is 24.3 Å². The number of carbonyl (C=O) groups is 2. The summed E-state index contributed by atoms with van der Waals surface area (Å²) in [6.07, 6.45) is 0.706. The fourth-order valence-corrected chi connectivity index (χ4v) is 3.37. The van der Waals surface area contributed by atoms with Gasteiger partial charge in [-0.3, -0.25) is 4.79 Å². The third-order valence-corrected chi connectivity index (χ3v) is 5.02. The topological polar surface area (TPSA) is 68.3 Å². The highest BCUT2D eigenvalue weighted by Crippen LogP contribution is 2.33. The van der Waals surface area contributed by atoms with E-state index in [9.17, 15) is 9.59 Å². The summed E-state index contributed by atoms with van der Waals surface area (Å²) < 4.78 is 16.3. The molecule has 1 aliphatic rings. The number of nitrogens with zero attached hydrogens (tertiary/aromatic N) is 2. The molecule has 2 atom stereocenters. The number of hydrogen-bond donors (Lipinski definition) is 0. The predicted molar refractivity (Wildman–Crippen MR) is 111 cm³/mol. The van der Waals surface area contributed by atoms with E-state index in [1.165, 1.54) is 0 Å². The molecule has 1 heterocycles. The fraction of sp³-hybridized carbons (Fsp3) is 0.636. The Morgan fingerprint density at radius 3 is 2.48 bits per heavy atom. The fourth-order valence-electron chi connectivity index (χ4n) is 3.37. The van der Waals surface area contributed by atoms with E-state index in [1.807, 2.05) is 56.9 Å². The number of amides is 2. The maximum Gasteiger partial charge on any atom is 0.410 e. The second-order valence-electron chi connectivity index (χ2n) is 8.36. The van der Waals surface area contributed by atoms with E-state index in [-0.39, 0.29) is 24.1 Å². The van der Waals surface area contributed by atoms with E-state index in [0.717, 1.165) is 5.56 Å². The minimum atomic E-state index is -0.569. The Balaban J connectivity index is 2.25. The molecular formula is C22H34N2O5. The molecule has 0 unspecified atom stereocenters. The van der Waals surface area contributed by atoms with E-state index in [1.54, 1.807) is 19.1 Å². The molecule has 0 aromatic heterocycles. The van der Waals surface area contributed by atoms with Crippen molar-refractivity contribution in [2.75, 3.05) is 33.9 Å². The summed E-state index contributed by atoms with van der Waals surface area (Å²) in [6.45, 7) is 8.73. The molecule has 162 valence electrons. The summed E-state index contributed by atoms with van der Waals surface area (Å²) in [7, 11) is 3.26. The molecule has 0 bridgehead atoms. The monoisotopic (exact) mass is 406 g/mol. The van der Waals surface area contributed by atoms with Gasteiger partial charge in [0.1, 0.15) is 11.4 Å². The summed E-state index contributed by atoms with van der Waals surface area (Å²) in [6, 6.07) is 7.33. The summed E-state index contributed by atoms with van der Waals surface area (Å²) in [4.78, 5) is 29.1. The zero-order valence-corrected chi connectivity index (χ0v) is 18.4. The van der Waals surface area contributed by atoms with Crippen LogP contribution >= 0.6 is 0 Å². The van der Waals surface area contributed by atoms with Crippen LogP contribution in [0.5, 0.6) is 5.75 Å². The molecule has 0 radical (unpaired) electrons. The third kappa shape index (κ3) is 6.35. The van der Waals surface area contributed by atoms with Gasteiger partial charge in [-0.2, -0.15) is 0 Å². The van der Waals surface area contributed by atoms with Gasteiger partial charge in [0.2, 0.25) is 5.91 Å². The summed E-state index contributed by atoms with van der Waals surface area (Å²) >= 11 is 0. The minimum Gasteiger partial charge on any atom is -0.496 e. The number of piperazine rings is 1. The SMILES string of the molecule is COc1ccccc1[C@@H]1CN(C(=O)OC(C)(C)C)CCN1C(=O)CC[C@H](C)OC. The smallest absolute Gasteiger partial charge is 0.410 e. The van der Waals surface area contributed by atoms with Crippen LogP contribution in [0.2, 0.25) is 0 Å². The Morgan fingerprint density at radius 2 is 1.86 bits per heavy atom. The van der Waals surface area contributed by atoms with Crippen LogP contribution in [0, 0.1) is 0 Å². The summed E-state index contributed by atoms with van der Waals surface area (Å²) in [5, 5.41) is 0. The van der Waals surface area contributed by atoms with Gasteiger partial charge in [0.15, 0.2) is 0 Å². The lowest BCUT2D eigenvalue weighted by atomic mass is 10.00. The Morgan fingerprint density at radius 1 is 1.17 bits per heavy atom. The van der Waals surface area contributed by atoms with Crippen molar-refractivity contribution in [1.29, 1.82) is 0 Å². The molecule has 0 N–H and O–H groups in total. The number of methoxy groups -OCH3 is 2. The van der Waals surface area contributed by atoms with E-state index >= 15 is 0 Å². The zero-order chi connectivity index (χ0) is 21.6. The third-order valence-electron chi connectivity index (χ3n) is 5.02. The van der Waals surface area contributed by atoms with Gasteiger partial charge in [-0.1, -0.05) is 18.2 Å². The lowest BCUT2D eigenvalue weighted by Crippen LogP contribution is -2.53. The summed E-state index contributed by atoms with van der Waals surface area (Å²) in [5.74, 6) is 0.750. The molecular weight excluding hydrogens is 372 g/mol. The van der Waals surface area contributed by atoms with Crippen molar-refractivity contribution < 1.29 is 23.8 Å². The lowest BCUT2D eigenvalue weighted by molar-refractivity contribution is -0.137. The van der Waals surface area contributed by atoms with Crippen LogP contribution in [0.3, 0.4) is 0 Å². The molecule has 1 saturated heterocycles. The van der Waals surface area contributed by atoms with Crippen LogP contribution in [0.1, 0.15) is 52.1 Å². The first-order valence-electron chi connectivity index (χ1n) is 10.1. The van der Waals surface area contributed by atoms with Crippen LogP contribution in [0.25, 0.3) is 0 Å². The molecule has 7 heteroatoms. The van der Waals surface area contributed by atoms with Crippen LogP contribution < -0.4 is 4.74 Å². The highest BCUT2D eigenvalue weighted by Gasteiger charge is 2.36. The standard InChI is InChI=1S/C22H34N2O5/c1-16(27-5)11-12-20(25)24-14-13-23(21(26)29-22(2,3)4)15-18(24)17-9-7-8-10-19(17)28-6/h7-10,16,18H,11-15H2,1-6H3/t16-,18-/m0/s1. The average molecular weight is 407 g/mol. The van der Waals surface area contributed by atoms with E-state index in [2.05, 4.69) is 0 Å². The van der Waals surface area contributed by atoms with Gasteiger partial charge >= 0.3 is 6.09 Å². The largest absolute Gasteiger partial charge is 0.496 e. The van der Waals surface area contributed by atoms with Crippen molar-refractivity contribution in [2.45, 2.75) is 58.3 Å². The highest BCUT2D eigenvalue weighted by atomic mass is 16.6. The molecule has 2 rings (SSSR count). The Kier molecular flexibility index (Phi) is 7.90. The second-order valence-corrected chi connectivity index (χ2v) is 8.36. The second kappa shape index (κ2) is 9.96. The van der Waals surface area contributed by atoms with Crippen LogP contribution in [-0.2, 0) is 14.3 Å². The van der Waals surface area contributed by atoms with Crippen molar-refractivity contribution in [3.05, 3.63) is 29.8 Å². The predicted octanol–water partition coefficient (Wildman–Crippen LogP) is 3.63. The normalized spacial score (nSPS) is 18.3. The lowest BCUT2D eigenvalue weighted by Gasteiger charge is -2.42. The number of benzene rings is 1. The highest BCUT2D eigenvalue weighted by molar-refractivity contribution is 5.77. The van der Waals surface area contributed by atoms with Gasteiger partial charge in [0.25, 0.3) is 0 Å².